The Kier molecular flexibility index (Phi) is 3.07. The van der Waals surface area contributed by atoms with Gasteiger partial charge in [-0.05, 0) is 5.56 Å². The van der Waals surface area contributed by atoms with Gasteiger partial charge in [0, 0.05) is 17.0 Å². The summed E-state index contributed by atoms with van der Waals surface area (Å²) in [5, 5.41) is 0. The lowest BCUT2D eigenvalue weighted by atomic mass is 9.97. The molecule has 2 heteroatoms. The van der Waals surface area contributed by atoms with Crippen LogP contribution in [0.25, 0.3) is 0 Å². The fourth-order valence-corrected chi connectivity index (χ4v) is 2.53. The largest absolute Gasteiger partial charge is 0.288 e. The molecule has 1 aliphatic carbocycles. The van der Waals surface area contributed by atoms with Crippen molar-refractivity contribution < 1.29 is 9.59 Å². The molecular weight excluding hydrogens is 248 g/mol. The normalized spacial score (nSPS) is 15.2. The second kappa shape index (κ2) is 4.89. The molecule has 1 aliphatic rings. The standard InChI is InChI=1S/C18H14O2/c1-12(13-7-3-2-4-8-13)11-16-17(19)14-9-5-6-10-15(14)18(16)20/h2-12H,1H3. The first-order valence-electron chi connectivity index (χ1n) is 6.63. The quantitative estimate of drug-likeness (QED) is 0.609. The topological polar surface area (TPSA) is 34.1 Å². The van der Waals surface area contributed by atoms with Gasteiger partial charge in [0.2, 0.25) is 0 Å². The van der Waals surface area contributed by atoms with E-state index in [-0.39, 0.29) is 17.5 Å². The summed E-state index contributed by atoms with van der Waals surface area (Å²) in [5.74, 6) is -0.282. The predicted molar refractivity (Wildman–Crippen MR) is 78.0 cm³/mol. The minimum absolute atomic E-state index is 0.0356. The molecule has 0 spiro atoms. The monoisotopic (exact) mass is 262 g/mol. The van der Waals surface area contributed by atoms with E-state index < -0.39 is 0 Å². The van der Waals surface area contributed by atoms with Crippen molar-refractivity contribution in [3.8, 4) is 0 Å². The van der Waals surface area contributed by atoms with Crippen molar-refractivity contribution >= 4 is 11.6 Å². The molecule has 0 fully saturated rings. The molecule has 0 amide bonds. The summed E-state index contributed by atoms with van der Waals surface area (Å²) < 4.78 is 0. The number of ketones is 2. The zero-order valence-electron chi connectivity index (χ0n) is 11.2. The molecule has 2 nitrogen and oxygen atoms in total. The maximum absolute atomic E-state index is 12.3. The van der Waals surface area contributed by atoms with Crippen molar-refractivity contribution in [2.45, 2.75) is 12.8 Å². The molecule has 20 heavy (non-hydrogen) atoms. The van der Waals surface area contributed by atoms with Crippen molar-refractivity contribution in [1.82, 2.24) is 0 Å². The summed E-state index contributed by atoms with van der Waals surface area (Å²) in [6.45, 7) is 1.99. The van der Waals surface area contributed by atoms with Crippen LogP contribution in [-0.4, -0.2) is 11.6 Å². The summed E-state index contributed by atoms with van der Waals surface area (Å²) >= 11 is 0. The molecule has 0 bridgehead atoms. The number of carbonyl (C=O) groups excluding carboxylic acids is 2. The van der Waals surface area contributed by atoms with E-state index in [1.807, 2.05) is 37.3 Å². The highest BCUT2D eigenvalue weighted by atomic mass is 16.2. The number of carbonyl (C=O) groups is 2. The van der Waals surface area contributed by atoms with Crippen molar-refractivity contribution in [1.29, 1.82) is 0 Å². The first kappa shape index (κ1) is 12.5. The molecule has 0 saturated heterocycles. The van der Waals surface area contributed by atoms with Gasteiger partial charge in [-0.25, -0.2) is 0 Å². The minimum atomic E-state index is -0.159. The van der Waals surface area contributed by atoms with Gasteiger partial charge in [0.25, 0.3) is 0 Å². The highest BCUT2D eigenvalue weighted by molar-refractivity contribution is 6.39. The molecule has 1 atom stereocenters. The van der Waals surface area contributed by atoms with Crippen LogP contribution in [0.4, 0.5) is 0 Å². The van der Waals surface area contributed by atoms with Crippen LogP contribution in [0, 0.1) is 0 Å². The molecule has 0 aromatic heterocycles. The van der Waals surface area contributed by atoms with Crippen molar-refractivity contribution in [2.24, 2.45) is 0 Å². The zero-order valence-corrected chi connectivity index (χ0v) is 11.2. The highest BCUT2D eigenvalue weighted by Gasteiger charge is 2.32. The molecule has 2 aromatic rings. The average molecular weight is 262 g/mol. The van der Waals surface area contributed by atoms with E-state index >= 15 is 0 Å². The summed E-state index contributed by atoms with van der Waals surface area (Å²) in [6, 6.07) is 16.9. The fourth-order valence-electron chi connectivity index (χ4n) is 2.53. The average Bonchev–Trinajstić information content (AvgIpc) is 2.74. The maximum atomic E-state index is 12.3. The van der Waals surface area contributed by atoms with E-state index in [4.69, 9.17) is 0 Å². The zero-order chi connectivity index (χ0) is 14.1. The Hall–Kier alpha value is -2.48. The lowest BCUT2D eigenvalue weighted by Crippen LogP contribution is -2.03. The molecule has 2 aromatic carbocycles. The van der Waals surface area contributed by atoms with Gasteiger partial charge in [-0.2, -0.15) is 0 Å². The predicted octanol–water partition coefficient (Wildman–Crippen LogP) is 3.80. The van der Waals surface area contributed by atoms with Crippen molar-refractivity contribution in [3.63, 3.8) is 0 Å². The van der Waals surface area contributed by atoms with Gasteiger partial charge in [-0.15, -0.1) is 0 Å². The molecule has 0 N–H and O–H groups in total. The summed E-state index contributed by atoms with van der Waals surface area (Å²) in [5.41, 5.74) is 2.42. The molecule has 1 unspecified atom stereocenters. The van der Waals surface area contributed by atoms with Gasteiger partial charge in [-0.3, -0.25) is 9.59 Å². The number of Topliss-reactive ketones (excluding diaryl/α,β-unsaturated/α-hetero) is 2. The van der Waals surface area contributed by atoms with E-state index in [1.165, 1.54) is 0 Å². The van der Waals surface area contributed by atoms with Crippen LogP contribution < -0.4 is 0 Å². The number of hydrogen-bond donors (Lipinski definition) is 0. The van der Waals surface area contributed by atoms with Gasteiger partial charge in [0.15, 0.2) is 11.6 Å². The lowest BCUT2D eigenvalue weighted by molar-refractivity contribution is 0.0988. The highest BCUT2D eigenvalue weighted by Crippen LogP contribution is 2.29. The number of rotatable bonds is 2. The third kappa shape index (κ3) is 1.99. The van der Waals surface area contributed by atoms with Gasteiger partial charge in [0.05, 0.1) is 5.57 Å². The van der Waals surface area contributed by atoms with E-state index in [1.54, 1.807) is 30.3 Å². The van der Waals surface area contributed by atoms with Gasteiger partial charge < -0.3 is 0 Å². The van der Waals surface area contributed by atoms with Gasteiger partial charge in [-0.1, -0.05) is 67.6 Å². The molecule has 0 aliphatic heterocycles. The van der Waals surface area contributed by atoms with Crippen LogP contribution in [-0.2, 0) is 0 Å². The summed E-state index contributed by atoms with van der Waals surface area (Å²) in [4.78, 5) is 24.6. The van der Waals surface area contributed by atoms with Crippen molar-refractivity contribution in [3.05, 3.63) is 82.9 Å². The number of fused-ring (bicyclic) bond motifs is 1. The first-order valence-corrected chi connectivity index (χ1v) is 6.63. The van der Waals surface area contributed by atoms with E-state index in [0.29, 0.717) is 16.7 Å². The Labute approximate surface area is 117 Å². The third-order valence-corrected chi connectivity index (χ3v) is 3.65. The third-order valence-electron chi connectivity index (χ3n) is 3.65. The van der Waals surface area contributed by atoms with Crippen LogP contribution in [0.5, 0.6) is 0 Å². The van der Waals surface area contributed by atoms with Crippen LogP contribution >= 0.6 is 0 Å². The van der Waals surface area contributed by atoms with Crippen LogP contribution in [0.3, 0.4) is 0 Å². The molecular formula is C18H14O2. The number of hydrogen-bond acceptors (Lipinski definition) is 2. The Morgan fingerprint density at radius 3 is 1.85 bits per heavy atom. The fraction of sp³-hybridized carbons (Fsp3) is 0.111. The SMILES string of the molecule is CC(C=C1C(=O)c2ccccc2C1=O)c1ccccc1. The van der Waals surface area contributed by atoms with Gasteiger partial charge in [0.1, 0.15) is 0 Å². The van der Waals surface area contributed by atoms with E-state index in [2.05, 4.69) is 0 Å². The second-order valence-corrected chi connectivity index (χ2v) is 4.98. The van der Waals surface area contributed by atoms with Crippen LogP contribution in [0.2, 0.25) is 0 Å². The Morgan fingerprint density at radius 1 is 0.800 bits per heavy atom. The molecule has 0 saturated carbocycles. The van der Waals surface area contributed by atoms with Gasteiger partial charge >= 0.3 is 0 Å². The number of allylic oxidation sites excluding steroid dienone is 2. The summed E-state index contributed by atoms with van der Waals surface area (Å²) in [7, 11) is 0. The van der Waals surface area contributed by atoms with Crippen LogP contribution in [0.15, 0.2) is 66.2 Å². The van der Waals surface area contributed by atoms with Crippen LogP contribution in [0.1, 0.15) is 39.1 Å². The van der Waals surface area contributed by atoms with Crippen molar-refractivity contribution in [2.75, 3.05) is 0 Å². The lowest BCUT2D eigenvalue weighted by Gasteiger charge is -2.07. The Balaban J connectivity index is 1.99. The molecule has 0 radical (unpaired) electrons. The maximum Gasteiger partial charge on any atom is 0.197 e. The number of benzene rings is 2. The summed E-state index contributed by atoms with van der Waals surface area (Å²) in [6.07, 6.45) is 1.78. The van der Waals surface area contributed by atoms with E-state index in [9.17, 15) is 9.59 Å². The smallest absolute Gasteiger partial charge is 0.197 e. The first-order chi connectivity index (χ1) is 9.68. The molecule has 3 rings (SSSR count). The minimum Gasteiger partial charge on any atom is -0.288 e. The second-order valence-electron chi connectivity index (χ2n) is 4.98. The van der Waals surface area contributed by atoms with E-state index in [0.717, 1.165) is 5.56 Å². The Bertz CT molecular complexity index is 674. The molecule has 0 heterocycles. The molecule has 98 valence electrons. The Morgan fingerprint density at radius 2 is 1.30 bits per heavy atom.